The molecule has 0 bridgehead atoms. The van der Waals surface area contributed by atoms with E-state index in [0.29, 0.717) is 45.2 Å². The van der Waals surface area contributed by atoms with E-state index in [9.17, 15) is 32.4 Å². The van der Waals surface area contributed by atoms with Crippen molar-refractivity contribution in [1.29, 1.82) is 0 Å². The van der Waals surface area contributed by atoms with Gasteiger partial charge in [0.25, 0.3) is 5.91 Å². The zero-order valence-electron chi connectivity index (χ0n) is 28.8. The van der Waals surface area contributed by atoms with Crippen molar-refractivity contribution in [2.45, 2.75) is 132 Å². The van der Waals surface area contributed by atoms with Crippen LogP contribution in [-0.4, -0.2) is 89.6 Å². The van der Waals surface area contributed by atoms with Crippen LogP contribution in [0.4, 0.5) is 9.59 Å². The quantitative estimate of drug-likeness (QED) is 0.323. The minimum Gasteiger partial charge on any atom is -0.444 e. The van der Waals surface area contributed by atoms with Crippen LogP contribution in [0, 0.1) is 5.92 Å². The highest BCUT2D eigenvalue weighted by molar-refractivity contribution is 7.91. The van der Waals surface area contributed by atoms with Crippen molar-refractivity contribution >= 4 is 39.9 Å². The number of sulfonamides is 1. The third-order valence-corrected chi connectivity index (χ3v) is 13.0. The number of carbonyl (C=O) groups is 5. The van der Waals surface area contributed by atoms with Gasteiger partial charge in [-0.2, -0.15) is 0 Å². The molecule has 0 spiro atoms. The Morgan fingerprint density at radius 3 is 2.31 bits per heavy atom. The Bertz CT molecular complexity index is 1670. The van der Waals surface area contributed by atoms with Crippen LogP contribution < -0.4 is 20.7 Å². The third kappa shape index (κ3) is 7.87. The average molecular weight is 725 g/mol. The molecule has 15 heteroatoms. The molecule has 0 unspecified atom stereocenters. The molecule has 0 radical (unpaired) electrons. The molecule has 276 valence electrons. The van der Waals surface area contributed by atoms with Crippen molar-refractivity contribution in [3.8, 4) is 0 Å². The van der Waals surface area contributed by atoms with E-state index in [0.717, 1.165) is 49.7 Å². The highest BCUT2D eigenvalue weighted by Crippen LogP contribution is 2.46. The highest BCUT2D eigenvalue weighted by atomic mass is 32.2. The van der Waals surface area contributed by atoms with E-state index in [1.807, 2.05) is 36.4 Å². The van der Waals surface area contributed by atoms with E-state index in [4.69, 9.17) is 4.74 Å². The van der Waals surface area contributed by atoms with Crippen LogP contribution >= 0.6 is 0 Å². The number of nitrogens with one attached hydrogen (secondary N) is 4. The number of hydrogen-bond donors (Lipinski definition) is 4. The van der Waals surface area contributed by atoms with E-state index in [1.54, 1.807) is 4.90 Å². The van der Waals surface area contributed by atoms with Crippen molar-refractivity contribution in [2.75, 3.05) is 6.54 Å². The number of nitrogens with zero attached hydrogens (tertiary/aromatic N) is 2. The Balaban J connectivity index is 1.12. The molecule has 1 aromatic carbocycles. The molecule has 3 aliphatic heterocycles. The summed E-state index contributed by atoms with van der Waals surface area (Å²) in [5.41, 5.74) is 0.542. The predicted octanol–water partition coefficient (Wildman–Crippen LogP) is 2.72. The Morgan fingerprint density at radius 2 is 1.61 bits per heavy atom. The minimum absolute atomic E-state index is 0.0241. The number of amides is 6. The number of ether oxygens (including phenoxy) is 1. The number of benzene rings is 1. The molecule has 0 aromatic heterocycles. The van der Waals surface area contributed by atoms with Crippen molar-refractivity contribution in [1.82, 2.24) is 30.5 Å². The number of allylic oxidation sites excluding steroid dienone is 1. The lowest BCUT2D eigenvalue weighted by Crippen LogP contribution is -2.59. The van der Waals surface area contributed by atoms with Gasteiger partial charge in [-0.1, -0.05) is 62.1 Å². The van der Waals surface area contributed by atoms with Crippen LogP contribution in [0.1, 0.15) is 94.6 Å². The van der Waals surface area contributed by atoms with Crippen LogP contribution in [0.2, 0.25) is 0 Å². The lowest BCUT2D eigenvalue weighted by Gasteiger charge is -2.30. The zero-order valence-corrected chi connectivity index (χ0v) is 29.6. The molecule has 1 saturated heterocycles. The summed E-state index contributed by atoms with van der Waals surface area (Å²) in [5.74, 6) is -2.34. The van der Waals surface area contributed by atoms with Gasteiger partial charge >= 0.3 is 12.1 Å². The molecule has 4 N–H and O–H groups in total. The lowest BCUT2D eigenvalue weighted by atomic mass is 10.0. The van der Waals surface area contributed by atoms with E-state index in [2.05, 4.69) is 20.7 Å². The molecule has 6 aliphatic rings. The first kappa shape index (κ1) is 35.3. The molecule has 3 heterocycles. The van der Waals surface area contributed by atoms with Gasteiger partial charge < -0.3 is 25.6 Å². The molecule has 1 aromatic rings. The molecule has 7 rings (SSSR count). The SMILES string of the molecule is O=C(NC1CCCC1)N[C@H]1CCCCCC=C[C@@H]2C[C@@]2(C(=O)NS(=O)(=O)C2CC2)NC(=O)[C@@H]2C[C@@H](OC(=O)N3Cc4ccccc4C3)CN2C1=O. The Hall–Kier alpha value is -4.14. The summed E-state index contributed by atoms with van der Waals surface area (Å²) in [6, 6.07) is 5.27. The monoisotopic (exact) mass is 724 g/mol. The number of rotatable bonds is 6. The standard InChI is InChI=1S/C36H48N6O8S/c43-31-30-18-27(50-35(47)41-20-23-10-6-7-11-24(23)21-41)22-42(30)32(44)29(38-34(46)37-26-13-8-9-14-26)15-5-3-1-2-4-12-25-19-36(25,39-31)33(45)40-51(48,49)28-16-17-28/h4,6-7,10-12,25-30H,1-3,5,8-9,13-22H2,(H,39,43)(H,40,45)(H2,37,38,46)/t25-,27-,29+,30+,36-/m1/s1. The second-order valence-electron chi connectivity index (χ2n) is 15.0. The maximum absolute atomic E-state index is 14.4. The van der Waals surface area contributed by atoms with Gasteiger partial charge in [0.1, 0.15) is 23.7 Å². The van der Waals surface area contributed by atoms with Gasteiger partial charge in [-0.15, -0.1) is 0 Å². The first-order valence-electron chi connectivity index (χ1n) is 18.5. The van der Waals surface area contributed by atoms with Crippen molar-refractivity contribution < 1.29 is 37.1 Å². The summed E-state index contributed by atoms with van der Waals surface area (Å²) >= 11 is 0. The van der Waals surface area contributed by atoms with E-state index < -0.39 is 74.8 Å². The number of carbonyl (C=O) groups excluding carboxylic acids is 5. The third-order valence-electron chi connectivity index (χ3n) is 11.2. The summed E-state index contributed by atoms with van der Waals surface area (Å²) in [6.45, 7) is 0.684. The van der Waals surface area contributed by atoms with Gasteiger partial charge in [-0.3, -0.25) is 24.0 Å². The second-order valence-corrected chi connectivity index (χ2v) is 17.0. The predicted molar refractivity (Wildman–Crippen MR) is 185 cm³/mol. The van der Waals surface area contributed by atoms with Crippen molar-refractivity contribution in [2.24, 2.45) is 5.92 Å². The van der Waals surface area contributed by atoms with Crippen LogP contribution in [-0.2, 0) is 42.2 Å². The summed E-state index contributed by atoms with van der Waals surface area (Å²) in [7, 11) is -3.88. The van der Waals surface area contributed by atoms with Gasteiger partial charge in [0, 0.05) is 31.5 Å². The maximum atomic E-state index is 14.4. The fourth-order valence-corrected chi connectivity index (χ4v) is 9.35. The molecular formula is C36H48N6O8S. The molecular weight excluding hydrogens is 676 g/mol. The normalized spacial score (nSPS) is 29.9. The fraction of sp³-hybridized carbons (Fsp3) is 0.639. The smallest absolute Gasteiger partial charge is 0.410 e. The molecule has 4 fully saturated rings. The van der Waals surface area contributed by atoms with Gasteiger partial charge in [0.15, 0.2) is 0 Å². The minimum atomic E-state index is -3.88. The summed E-state index contributed by atoms with van der Waals surface area (Å²) < 4.78 is 33.7. The van der Waals surface area contributed by atoms with Crippen LogP contribution in [0.3, 0.4) is 0 Å². The average Bonchev–Trinajstić information content (AvgIpc) is 3.88. The van der Waals surface area contributed by atoms with Crippen molar-refractivity contribution in [3.05, 3.63) is 47.5 Å². The fourth-order valence-electron chi connectivity index (χ4n) is 7.98. The summed E-state index contributed by atoms with van der Waals surface area (Å²) in [6.07, 6.45) is 10.7. The first-order chi connectivity index (χ1) is 24.5. The number of urea groups is 1. The molecule has 14 nitrogen and oxygen atoms in total. The largest absolute Gasteiger partial charge is 0.444 e. The first-order valence-corrected chi connectivity index (χ1v) is 20.0. The Morgan fingerprint density at radius 1 is 0.902 bits per heavy atom. The Kier molecular flexibility index (Phi) is 10.0. The van der Waals surface area contributed by atoms with Gasteiger partial charge in [0.2, 0.25) is 21.8 Å². The van der Waals surface area contributed by atoms with E-state index >= 15 is 0 Å². The zero-order chi connectivity index (χ0) is 35.8. The molecule has 6 amide bonds. The molecule has 3 saturated carbocycles. The van der Waals surface area contributed by atoms with Gasteiger partial charge in [0.05, 0.1) is 11.8 Å². The molecule has 51 heavy (non-hydrogen) atoms. The lowest BCUT2D eigenvalue weighted by molar-refractivity contribution is -0.141. The van der Waals surface area contributed by atoms with Gasteiger partial charge in [-0.25, -0.2) is 18.0 Å². The topological polar surface area (TPSA) is 183 Å². The van der Waals surface area contributed by atoms with Crippen LogP contribution in [0.25, 0.3) is 0 Å². The second kappa shape index (κ2) is 14.5. The van der Waals surface area contributed by atoms with E-state index in [-0.39, 0.29) is 25.4 Å². The summed E-state index contributed by atoms with van der Waals surface area (Å²) in [4.78, 5) is 71.6. The van der Waals surface area contributed by atoms with Crippen LogP contribution in [0.15, 0.2) is 36.4 Å². The van der Waals surface area contributed by atoms with Crippen LogP contribution in [0.5, 0.6) is 0 Å². The number of fused-ring (bicyclic) bond motifs is 3. The molecule has 3 aliphatic carbocycles. The summed E-state index contributed by atoms with van der Waals surface area (Å²) in [5, 5.41) is 8.08. The van der Waals surface area contributed by atoms with Crippen molar-refractivity contribution in [3.63, 3.8) is 0 Å². The number of hydrogen-bond acceptors (Lipinski definition) is 8. The Labute approximate surface area is 298 Å². The maximum Gasteiger partial charge on any atom is 0.410 e. The van der Waals surface area contributed by atoms with E-state index in [1.165, 1.54) is 4.90 Å². The van der Waals surface area contributed by atoms with Gasteiger partial charge in [-0.05, 0) is 62.5 Å². The highest BCUT2D eigenvalue weighted by Gasteiger charge is 2.62. The molecule has 5 atom stereocenters.